The summed E-state index contributed by atoms with van der Waals surface area (Å²) in [5.41, 5.74) is 0.439. The maximum Gasteiger partial charge on any atom is 0.321 e. The number of hydrogen-bond donors (Lipinski definition) is 0. The van der Waals surface area contributed by atoms with Crippen molar-refractivity contribution in [2.24, 2.45) is 0 Å². The van der Waals surface area contributed by atoms with Crippen molar-refractivity contribution < 1.29 is 13.9 Å². The number of esters is 1. The number of benzene rings is 1. The van der Waals surface area contributed by atoms with Crippen LogP contribution in [0.15, 0.2) is 48.8 Å². The van der Waals surface area contributed by atoms with Crippen molar-refractivity contribution in [1.29, 1.82) is 0 Å². The van der Waals surface area contributed by atoms with Crippen LogP contribution >= 0.6 is 0 Å². The van der Waals surface area contributed by atoms with Crippen LogP contribution in [0, 0.1) is 5.82 Å². The molecular weight excluding hydrogens is 257 g/mol. The van der Waals surface area contributed by atoms with Crippen molar-refractivity contribution in [2.75, 3.05) is 0 Å². The number of hydrogen-bond acceptors (Lipinski definition) is 3. The van der Waals surface area contributed by atoms with E-state index >= 15 is 0 Å². The molecule has 3 nitrogen and oxygen atoms in total. The molecule has 0 unspecified atom stereocenters. The van der Waals surface area contributed by atoms with Gasteiger partial charge in [-0.25, -0.2) is 4.39 Å². The van der Waals surface area contributed by atoms with Crippen LogP contribution in [0.25, 0.3) is 0 Å². The molecule has 0 aliphatic carbocycles. The van der Waals surface area contributed by atoms with Gasteiger partial charge in [0.25, 0.3) is 0 Å². The van der Waals surface area contributed by atoms with Crippen LogP contribution in [-0.2, 0) is 14.9 Å². The van der Waals surface area contributed by atoms with Crippen LogP contribution < -0.4 is 0 Å². The summed E-state index contributed by atoms with van der Waals surface area (Å²) in [6.07, 6.45) is 2.62. The van der Waals surface area contributed by atoms with E-state index in [1.165, 1.54) is 6.20 Å². The van der Waals surface area contributed by atoms with Crippen LogP contribution in [0.5, 0.6) is 0 Å². The molecule has 2 aromatic rings. The first-order valence-corrected chi connectivity index (χ1v) is 6.56. The molecule has 1 saturated heterocycles. The van der Waals surface area contributed by atoms with Gasteiger partial charge in [-0.05, 0) is 18.1 Å². The van der Waals surface area contributed by atoms with Gasteiger partial charge in [0, 0.05) is 11.8 Å². The van der Waals surface area contributed by atoms with Crippen LogP contribution in [0.4, 0.5) is 4.39 Å². The molecule has 0 N–H and O–H groups in total. The maximum atomic E-state index is 13.9. The van der Waals surface area contributed by atoms with Crippen molar-refractivity contribution in [3.63, 3.8) is 0 Å². The first-order valence-electron chi connectivity index (χ1n) is 6.56. The predicted octanol–water partition coefficient (Wildman–Crippen LogP) is 3.17. The lowest BCUT2D eigenvalue weighted by Gasteiger charge is -2.47. The summed E-state index contributed by atoms with van der Waals surface area (Å²) in [7, 11) is 0. The zero-order valence-corrected chi connectivity index (χ0v) is 11.0. The first kappa shape index (κ1) is 12.8. The number of cyclic esters (lactones) is 1. The second-order valence-corrected chi connectivity index (χ2v) is 4.87. The van der Waals surface area contributed by atoms with Crippen molar-refractivity contribution in [1.82, 2.24) is 4.98 Å². The molecule has 0 amide bonds. The summed E-state index contributed by atoms with van der Waals surface area (Å²) >= 11 is 0. The van der Waals surface area contributed by atoms with Gasteiger partial charge in [0.1, 0.15) is 17.3 Å². The third kappa shape index (κ3) is 1.64. The molecule has 102 valence electrons. The van der Waals surface area contributed by atoms with Gasteiger partial charge in [0.05, 0.1) is 6.20 Å². The minimum absolute atomic E-state index is 0.299. The number of pyridine rings is 1. The fraction of sp³-hybridized carbons (Fsp3) is 0.250. The minimum atomic E-state index is -0.802. The van der Waals surface area contributed by atoms with Gasteiger partial charge in [-0.15, -0.1) is 0 Å². The average molecular weight is 271 g/mol. The fourth-order valence-corrected chi connectivity index (χ4v) is 2.83. The number of halogens is 1. The first-order chi connectivity index (χ1) is 9.70. The Morgan fingerprint density at radius 2 is 2.05 bits per heavy atom. The van der Waals surface area contributed by atoms with E-state index in [0.29, 0.717) is 12.0 Å². The van der Waals surface area contributed by atoms with E-state index in [4.69, 9.17) is 4.74 Å². The molecule has 1 aliphatic rings. The number of ether oxygens (including phenoxy) is 1. The second-order valence-electron chi connectivity index (χ2n) is 4.87. The Morgan fingerprint density at radius 1 is 1.30 bits per heavy atom. The molecule has 3 rings (SSSR count). The summed E-state index contributed by atoms with van der Waals surface area (Å²) < 4.78 is 19.2. The normalized spacial score (nSPS) is 24.9. The molecular formula is C16H14FNO2. The number of nitrogens with zero attached hydrogens (tertiary/aromatic N) is 1. The highest BCUT2D eigenvalue weighted by Crippen LogP contribution is 2.52. The Bertz CT molecular complexity index is 644. The number of rotatable bonds is 3. The number of carbonyl (C=O) groups excluding carboxylic acids is 1. The Morgan fingerprint density at radius 3 is 2.65 bits per heavy atom. The topological polar surface area (TPSA) is 39.2 Å². The van der Waals surface area contributed by atoms with Crippen molar-refractivity contribution in [3.05, 3.63) is 65.7 Å². The zero-order valence-electron chi connectivity index (χ0n) is 11.0. The summed E-state index contributed by atoms with van der Waals surface area (Å²) in [5.74, 6) is -0.744. The molecule has 0 saturated carbocycles. The van der Waals surface area contributed by atoms with Crippen LogP contribution in [0.3, 0.4) is 0 Å². The Kier molecular flexibility index (Phi) is 3.01. The van der Waals surface area contributed by atoms with Gasteiger partial charge in [-0.2, -0.15) is 0 Å². The highest BCUT2D eigenvalue weighted by molar-refractivity contribution is 5.90. The predicted molar refractivity (Wildman–Crippen MR) is 71.4 cm³/mol. The summed E-state index contributed by atoms with van der Waals surface area (Å²) in [6.45, 7) is 1.92. The summed E-state index contributed by atoms with van der Waals surface area (Å²) in [5, 5.41) is 0. The van der Waals surface area contributed by atoms with Crippen molar-refractivity contribution in [3.8, 4) is 0 Å². The van der Waals surface area contributed by atoms with E-state index in [-0.39, 0.29) is 5.97 Å². The highest BCUT2D eigenvalue weighted by Gasteiger charge is 2.59. The summed E-state index contributed by atoms with van der Waals surface area (Å²) in [4.78, 5) is 15.9. The van der Waals surface area contributed by atoms with Gasteiger partial charge in [0.15, 0.2) is 0 Å². The van der Waals surface area contributed by atoms with Gasteiger partial charge in [-0.3, -0.25) is 9.78 Å². The molecule has 0 spiro atoms. The lowest BCUT2D eigenvalue weighted by Crippen LogP contribution is -2.54. The second kappa shape index (κ2) is 4.71. The Hall–Kier alpha value is -2.23. The van der Waals surface area contributed by atoms with E-state index in [1.807, 2.05) is 37.3 Å². The fourth-order valence-electron chi connectivity index (χ4n) is 2.83. The summed E-state index contributed by atoms with van der Waals surface area (Å²) in [6, 6.07) is 11.0. The van der Waals surface area contributed by atoms with Gasteiger partial charge >= 0.3 is 5.97 Å². The standard InChI is InChI=1S/C16H14FNO2/c1-2-16(11-6-4-3-5-7-11)14(20-15(16)19)12-8-9-18-10-13(12)17/h3-10,14H,2H2,1H3/t14-,16-/m0/s1. The molecule has 2 atom stereocenters. The quantitative estimate of drug-likeness (QED) is 0.805. The Labute approximate surface area is 116 Å². The van der Waals surface area contributed by atoms with Crippen molar-refractivity contribution >= 4 is 5.97 Å². The molecule has 1 aromatic carbocycles. The zero-order chi connectivity index (χ0) is 14.2. The third-order valence-corrected chi connectivity index (χ3v) is 3.97. The van der Waals surface area contributed by atoms with E-state index in [9.17, 15) is 9.18 Å². The van der Waals surface area contributed by atoms with E-state index in [1.54, 1.807) is 6.07 Å². The average Bonchev–Trinajstić information content (AvgIpc) is 2.48. The lowest BCUT2D eigenvalue weighted by molar-refractivity contribution is -0.193. The molecule has 4 heteroatoms. The van der Waals surface area contributed by atoms with Gasteiger partial charge < -0.3 is 4.74 Å². The highest BCUT2D eigenvalue weighted by atomic mass is 19.1. The molecule has 20 heavy (non-hydrogen) atoms. The Balaban J connectivity index is 2.10. The molecule has 0 bridgehead atoms. The smallest absolute Gasteiger partial charge is 0.321 e. The van der Waals surface area contributed by atoms with Crippen LogP contribution in [-0.4, -0.2) is 11.0 Å². The lowest BCUT2D eigenvalue weighted by atomic mass is 9.67. The SMILES string of the molecule is CC[C@@]1(c2ccccc2)C(=O)O[C@H]1c1ccncc1F. The maximum absolute atomic E-state index is 13.9. The monoisotopic (exact) mass is 271 g/mol. The van der Waals surface area contributed by atoms with E-state index in [2.05, 4.69) is 4.98 Å². The molecule has 1 fully saturated rings. The van der Waals surface area contributed by atoms with Gasteiger partial charge in [-0.1, -0.05) is 37.3 Å². The van der Waals surface area contributed by atoms with E-state index in [0.717, 1.165) is 11.8 Å². The van der Waals surface area contributed by atoms with Crippen molar-refractivity contribution in [2.45, 2.75) is 24.9 Å². The molecule has 2 heterocycles. The van der Waals surface area contributed by atoms with Crippen LogP contribution in [0.2, 0.25) is 0 Å². The molecule has 0 radical (unpaired) electrons. The molecule has 1 aromatic heterocycles. The van der Waals surface area contributed by atoms with E-state index < -0.39 is 17.3 Å². The minimum Gasteiger partial charge on any atom is -0.455 e. The number of carbonyl (C=O) groups is 1. The third-order valence-electron chi connectivity index (χ3n) is 3.97. The van der Waals surface area contributed by atoms with Gasteiger partial charge in [0.2, 0.25) is 0 Å². The largest absolute Gasteiger partial charge is 0.455 e. The van der Waals surface area contributed by atoms with Crippen LogP contribution in [0.1, 0.15) is 30.6 Å². The molecule has 1 aliphatic heterocycles. The number of aromatic nitrogens is 1.